The molecule has 19 heavy (non-hydrogen) atoms. The Balaban J connectivity index is 2.11. The Bertz CT molecular complexity index is 597. The van der Waals surface area contributed by atoms with Crippen LogP contribution < -0.4 is 10.5 Å². The van der Waals surface area contributed by atoms with Gasteiger partial charge >= 0.3 is 0 Å². The van der Waals surface area contributed by atoms with E-state index in [1.165, 1.54) is 6.07 Å². The molecular formula is C14H11Cl2NO2. The number of hydrogen-bond acceptors (Lipinski definition) is 2. The minimum absolute atomic E-state index is 0.318. The molecule has 0 saturated carbocycles. The number of nitrogens with two attached hydrogens (primary N) is 1. The van der Waals surface area contributed by atoms with Crippen molar-refractivity contribution < 1.29 is 9.53 Å². The van der Waals surface area contributed by atoms with E-state index in [9.17, 15) is 4.79 Å². The van der Waals surface area contributed by atoms with Gasteiger partial charge in [0.1, 0.15) is 12.4 Å². The predicted molar refractivity (Wildman–Crippen MR) is 75.8 cm³/mol. The molecule has 0 aliphatic carbocycles. The highest BCUT2D eigenvalue weighted by atomic mass is 35.5. The summed E-state index contributed by atoms with van der Waals surface area (Å²) in [7, 11) is 0. The summed E-state index contributed by atoms with van der Waals surface area (Å²) in [5.74, 6) is -0.0462. The summed E-state index contributed by atoms with van der Waals surface area (Å²) in [6, 6.07) is 12.0. The molecule has 5 heteroatoms. The van der Waals surface area contributed by atoms with Crippen molar-refractivity contribution in [1.82, 2.24) is 0 Å². The molecule has 3 nitrogen and oxygen atoms in total. The molecule has 0 bridgehead atoms. The third-order valence-electron chi connectivity index (χ3n) is 2.47. The van der Waals surface area contributed by atoms with Crippen molar-refractivity contribution in [2.45, 2.75) is 6.61 Å². The van der Waals surface area contributed by atoms with Gasteiger partial charge in [-0.15, -0.1) is 0 Å². The third-order valence-corrected chi connectivity index (χ3v) is 2.94. The van der Waals surface area contributed by atoms with Gasteiger partial charge in [-0.3, -0.25) is 4.79 Å². The first-order valence-electron chi connectivity index (χ1n) is 5.52. The van der Waals surface area contributed by atoms with E-state index in [1.807, 2.05) is 12.1 Å². The van der Waals surface area contributed by atoms with Gasteiger partial charge in [-0.25, -0.2) is 0 Å². The Kier molecular flexibility index (Phi) is 4.30. The number of ether oxygens (including phenoxy) is 1. The van der Waals surface area contributed by atoms with Gasteiger partial charge in [0.15, 0.2) is 0 Å². The van der Waals surface area contributed by atoms with Crippen LogP contribution in [0.25, 0.3) is 0 Å². The maximum absolute atomic E-state index is 11.1. The first-order valence-corrected chi connectivity index (χ1v) is 6.28. The molecule has 0 spiro atoms. The normalized spacial score (nSPS) is 10.2. The fourth-order valence-electron chi connectivity index (χ4n) is 1.54. The summed E-state index contributed by atoms with van der Waals surface area (Å²) in [5, 5.41) is 1.07. The molecule has 0 aliphatic heterocycles. The number of rotatable bonds is 4. The van der Waals surface area contributed by atoms with Crippen molar-refractivity contribution in [2.75, 3.05) is 0 Å². The second-order valence-corrected chi connectivity index (χ2v) is 4.83. The Hall–Kier alpha value is -1.71. The lowest BCUT2D eigenvalue weighted by atomic mass is 10.2. The smallest absolute Gasteiger partial charge is 0.248 e. The zero-order valence-corrected chi connectivity index (χ0v) is 11.4. The molecule has 0 saturated heterocycles. The van der Waals surface area contributed by atoms with Gasteiger partial charge in [0.25, 0.3) is 0 Å². The van der Waals surface area contributed by atoms with E-state index in [2.05, 4.69) is 0 Å². The molecule has 0 atom stereocenters. The highest BCUT2D eigenvalue weighted by molar-refractivity contribution is 6.31. The molecule has 0 unspecified atom stereocenters. The van der Waals surface area contributed by atoms with Gasteiger partial charge in [-0.2, -0.15) is 0 Å². The van der Waals surface area contributed by atoms with Crippen molar-refractivity contribution in [3.63, 3.8) is 0 Å². The number of hydrogen-bond donors (Lipinski definition) is 1. The monoisotopic (exact) mass is 295 g/mol. The van der Waals surface area contributed by atoms with E-state index >= 15 is 0 Å². The number of benzene rings is 2. The Morgan fingerprint density at radius 1 is 1.05 bits per heavy atom. The second-order valence-electron chi connectivity index (χ2n) is 3.96. The van der Waals surface area contributed by atoms with Crippen LogP contribution in [0.1, 0.15) is 15.9 Å². The summed E-state index contributed by atoms with van der Waals surface area (Å²) in [4.78, 5) is 11.1. The van der Waals surface area contributed by atoms with Gasteiger partial charge < -0.3 is 10.5 Å². The second kappa shape index (κ2) is 5.95. The van der Waals surface area contributed by atoms with Crippen LogP contribution in [0.4, 0.5) is 0 Å². The lowest BCUT2D eigenvalue weighted by molar-refractivity contribution is 0.1000. The minimum atomic E-state index is -0.543. The van der Waals surface area contributed by atoms with Gasteiger partial charge in [0.2, 0.25) is 5.91 Å². The standard InChI is InChI=1S/C14H11Cl2NO2/c15-11-3-1-9(2-4-11)8-19-13-6-10(14(17)18)5-12(16)7-13/h1-7H,8H2,(H2,17,18). The van der Waals surface area contributed by atoms with Crippen LogP contribution in [0.15, 0.2) is 42.5 Å². The summed E-state index contributed by atoms with van der Waals surface area (Å²) in [6.45, 7) is 0.357. The van der Waals surface area contributed by atoms with Crippen LogP contribution in [0.2, 0.25) is 10.0 Å². The molecule has 0 aromatic heterocycles. The first-order chi connectivity index (χ1) is 9.04. The molecule has 0 fully saturated rings. The van der Waals surface area contributed by atoms with E-state index < -0.39 is 5.91 Å². The zero-order valence-electron chi connectivity index (χ0n) is 9.90. The lowest BCUT2D eigenvalue weighted by Gasteiger charge is -2.08. The summed E-state index contributed by atoms with van der Waals surface area (Å²) < 4.78 is 5.57. The number of carbonyl (C=O) groups is 1. The van der Waals surface area contributed by atoms with E-state index in [-0.39, 0.29) is 0 Å². The Morgan fingerprint density at radius 3 is 2.37 bits per heavy atom. The summed E-state index contributed by atoms with van der Waals surface area (Å²) in [6.07, 6.45) is 0. The fourth-order valence-corrected chi connectivity index (χ4v) is 1.89. The number of amides is 1. The predicted octanol–water partition coefficient (Wildman–Crippen LogP) is 3.67. The Labute approximate surface area is 120 Å². The van der Waals surface area contributed by atoms with E-state index in [1.54, 1.807) is 24.3 Å². The average Bonchev–Trinajstić information content (AvgIpc) is 2.37. The molecule has 0 heterocycles. The van der Waals surface area contributed by atoms with Crippen LogP contribution >= 0.6 is 23.2 Å². The fraction of sp³-hybridized carbons (Fsp3) is 0.0714. The Morgan fingerprint density at radius 2 is 1.74 bits per heavy atom. The van der Waals surface area contributed by atoms with Crippen LogP contribution in [0, 0.1) is 0 Å². The first kappa shape index (κ1) is 13.7. The van der Waals surface area contributed by atoms with Crippen LogP contribution in [-0.4, -0.2) is 5.91 Å². The number of primary amides is 1. The SMILES string of the molecule is NC(=O)c1cc(Cl)cc(OCc2ccc(Cl)cc2)c1. The summed E-state index contributed by atoms with van der Waals surface area (Å²) in [5.41, 5.74) is 6.49. The van der Waals surface area contributed by atoms with E-state index in [4.69, 9.17) is 33.7 Å². The van der Waals surface area contributed by atoms with Crippen LogP contribution in [0.3, 0.4) is 0 Å². The quantitative estimate of drug-likeness (QED) is 0.935. The van der Waals surface area contributed by atoms with E-state index in [0.29, 0.717) is 28.0 Å². The summed E-state index contributed by atoms with van der Waals surface area (Å²) >= 11 is 11.7. The van der Waals surface area contributed by atoms with Crippen molar-refractivity contribution >= 4 is 29.1 Å². The van der Waals surface area contributed by atoms with Gasteiger partial charge in [-0.05, 0) is 35.9 Å². The number of halogens is 2. The van der Waals surface area contributed by atoms with Crippen LogP contribution in [0.5, 0.6) is 5.75 Å². The topological polar surface area (TPSA) is 52.3 Å². The molecule has 2 rings (SSSR count). The molecule has 2 aromatic carbocycles. The van der Waals surface area contributed by atoms with Crippen LogP contribution in [-0.2, 0) is 6.61 Å². The average molecular weight is 296 g/mol. The number of carbonyl (C=O) groups excluding carboxylic acids is 1. The molecular weight excluding hydrogens is 285 g/mol. The minimum Gasteiger partial charge on any atom is -0.489 e. The molecule has 98 valence electrons. The van der Waals surface area contributed by atoms with Gasteiger partial charge in [0.05, 0.1) is 0 Å². The van der Waals surface area contributed by atoms with Crippen molar-refractivity contribution in [1.29, 1.82) is 0 Å². The highest BCUT2D eigenvalue weighted by Gasteiger charge is 2.05. The molecule has 2 N–H and O–H groups in total. The van der Waals surface area contributed by atoms with Crippen molar-refractivity contribution in [2.24, 2.45) is 5.73 Å². The zero-order chi connectivity index (χ0) is 13.8. The molecule has 1 amide bonds. The molecule has 0 aliphatic rings. The van der Waals surface area contributed by atoms with Crippen molar-refractivity contribution in [3.05, 3.63) is 63.6 Å². The largest absolute Gasteiger partial charge is 0.489 e. The maximum atomic E-state index is 11.1. The van der Waals surface area contributed by atoms with Gasteiger partial charge in [-0.1, -0.05) is 35.3 Å². The maximum Gasteiger partial charge on any atom is 0.248 e. The molecule has 2 aromatic rings. The van der Waals surface area contributed by atoms with Gasteiger partial charge in [0, 0.05) is 15.6 Å². The van der Waals surface area contributed by atoms with Crippen molar-refractivity contribution in [3.8, 4) is 5.75 Å². The highest BCUT2D eigenvalue weighted by Crippen LogP contribution is 2.22. The lowest BCUT2D eigenvalue weighted by Crippen LogP contribution is -2.11. The molecule has 0 radical (unpaired) electrons. The third kappa shape index (κ3) is 3.88. The van der Waals surface area contributed by atoms with E-state index in [0.717, 1.165) is 5.56 Å².